The van der Waals surface area contributed by atoms with Crippen LogP contribution in [0.2, 0.25) is 0 Å². The molecule has 8 aromatic carbocycles. The van der Waals surface area contributed by atoms with Crippen molar-refractivity contribution in [2.45, 2.75) is 13.8 Å². The number of amides is 2. The lowest BCUT2D eigenvalue weighted by atomic mass is 9.97. The van der Waals surface area contributed by atoms with Gasteiger partial charge in [0, 0.05) is 27.5 Å². The fourth-order valence-corrected chi connectivity index (χ4v) is 8.35. The average Bonchev–Trinajstić information content (AvgIpc) is 3.72. The van der Waals surface area contributed by atoms with Crippen LogP contribution < -0.4 is 4.90 Å². The molecule has 0 saturated heterocycles. The van der Waals surface area contributed by atoms with Gasteiger partial charge in [-0.15, -0.1) is 0 Å². The molecule has 1 aliphatic rings. The summed E-state index contributed by atoms with van der Waals surface area (Å²) in [7, 11) is 0. The number of rotatable bonds is 6. The number of nitrogens with zero attached hydrogens (tertiary/aromatic N) is 2. The normalized spacial score (nSPS) is 12.5. The first-order valence-electron chi connectivity index (χ1n) is 18.9. The number of carbonyl (C=O) groups excluding carboxylic acids is 2. The van der Waals surface area contributed by atoms with Gasteiger partial charge in [-0.3, -0.25) is 9.59 Å². The highest BCUT2D eigenvalue weighted by atomic mass is 16.2. The number of aryl methyl sites for hydroxylation is 2. The standard InChI is InChI=1S/C52H36N2O2/c1-33-22-26-37(27-23-33)41-16-9-18-43-44-19-10-17-42(38-28-24-34(2)25-29-38)50(44)53(49(41)43)46-21-11-20-45-48(46)52(56)54(51(45)55)47-32-39(35-12-5-3-6-13-35)30-31-40(47)36-14-7-4-8-15-36/h3-32H,1-2H3. The summed E-state index contributed by atoms with van der Waals surface area (Å²) in [5, 5.41) is 2.14. The number of para-hydroxylation sites is 2. The van der Waals surface area contributed by atoms with E-state index >= 15 is 4.79 Å². The predicted octanol–water partition coefficient (Wildman–Crippen LogP) is 12.9. The predicted molar refractivity (Wildman–Crippen MR) is 230 cm³/mol. The van der Waals surface area contributed by atoms with Crippen molar-refractivity contribution in [3.05, 3.63) is 204 Å². The topological polar surface area (TPSA) is 42.3 Å². The van der Waals surface area contributed by atoms with Crippen LogP contribution in [0.4, 0.5) is 5.69 Å². The van der Waals surface area contributed by atoms with Crippen LogP contribution in [-0.2, 0) is 0 Å². The third-order valence-corrected chi connectivity index (χ3v) is 11.1. The summed E-state index contributed by atoms with van der Waals surface area (Å²) in [6.45, 7) is 4.19. The Morgan fingerprint density at radius 2 is 0.839 bits per heavy atom. The molecule has 0 bridgehead atoms. The van der Waals surface area contributed by atoms with Crippen molar-refractivity contribution in [3.8, 4) is 50.2 Å². The molecule has 1 aliphatic heterocycles. The van der Waals surface area contributed by atoms with Crippen LogP contribution in [0.1, 0.15) is 31.8 Å². The summed E-state index contributed by atoms with van der Waals surface area (Å²) in [5.41, 5.74) is 14.2. The van der Waals surface area contributed by atoms with Gasteiger partial charge in [0.05, 0.1) is 33.5 Å². The van der Waals surface area contributed by atoms with Crippen molar-refractivity contribution in [3.63, 3.8) is 0 Å². The Labute approximate surface area is 325 Å². The summed E-state index contributed by atoms with van der Waals surface area (Å²) >= 11 is 0. The molecule has 0 saturated carbocycles. The van der Waals surface area contributed by atoms with Gasteiger partial charge in [-0.1, -0.05) is 175 Å². The van der Waals surface area contributed by atoms with Crippen molar-refractivity contribution in [2.24, 2.45) is 0 Å². The zero-order chi connectivity index (χ0) is 37.9. The lowest BCUT2D eigenvalue weighted by Crippen LogP contribution is -2.30. The highest BCUT2D eigenvalue weighted by Gasteiger charge is 2.41. The number of imide groups is 1. The van der Waals surface area contributed by atoms with E-state index in [4.69, 9.17) is 0 Å². The number of hydrogen-bond acceptors (Lipinski definition) is 2. The number of aromatic nitrogens is 1. The van der Waals surface area contributed by atoms with Gasteiger partial charge in [0.15, 0.2) is 0 Å². The summed E-state index contributed by atoms with van der Waals surface area (Å²) in [6, 6.07) is 61.7. The van der Waals surface area contributed by atoms with Gasteiger partial charge in [-0.05, 0) is 59.9 Å². The molecular weight excluding hydrogens is 685 g/mol. The van der Waals surface area contributed by atoms with Crippen LogP contribution >= 0.6 is 0 Å². The summed E-state index contributed by atoms with van der Waals surface area (Å²) < 4.78 is 2.24. The van der Waals surface area contributed by atoms with Crippen LogP contribution in [-0.4, -0.2) is 16.4 Å². The summed E-state index contributed by atoms with van der Waals surface area (Å²) in [4.78, 5) is 31.5. The third kappa shape index (κ3) is 5.30. The fourth-order valence-electron chi connectivity index (χ4n) is 8.35. The molecule has 10 rings (SSSR count). The van der Waals surface area contributed by atoms with E-state index in [1.54, 1.807) is 6.07 Å². The highest BCUT2D eigenvalue weighted by molar-refractivity contribution is 6.36. The average molecular weight is 721 g/mol. The second kappa shape index (κ2) is 13.2. The maximum Gasteiger partial charge on any atom is 0.268 e. The molecule has 0 unspecified atom stereocenters. The SMILES string of the molecule is Cc1ccc(-c2cccc3c4cccc(-c5ccc(C)cc5)c4n(-c4cccc5c4C(=O)N(c4cc(-c6ccccc6)ccc4-c4ccccc4)C5=O)c23)cc1. The van der Waals surface area contributed by atoms with Crippen molar-refractivity contribution in [1.82, 2.24) is 4.57 Å². The number of hydrogen-bond donors (Lipinski definition) is 0. The van der Waals surface area contributed by atoms with Gasteiger partial charge >= 0.3 is 0 Å². The van der Waals surface area contributed by atoms with Gasteiger partial charge in [0.25, 0.3) is 11.8 Å². The van der Waals surface area contributed by atoms with E-state index in [9.17, 15) is 4.79 Å². The van der Waals surface area contributed by atoms with Gasteiger partial charge in [0.2, 0.25) is 0 Å². The first kappa shape index (κ1) is 33.3. The molecule has 2 heterocycles. The van der Waals surface area contributed by atoms with Crippen LogP contribution in [0.25, 0.3) is 72.0 Å². The molecule has 0 N–H and O–H groups in total. The largest absolute Gasteiger partial charge is 0.307 e. The molecule has 0 radical (unpaired) electrons. The fraction of sp³-hybridized carbons (Fsp3) is 0.0385. The Morgan fingerprint density at radius 1 is 0.357 bits per heavy atom. The van der Waals surface area contributed by atoms with E-state index in [2.05, 4.69) is 109 Å². The molecule has 4 heteroatoms. The van der Waals surface area contributed by atoms with Gasteiger partial charge < -0.3 is 4.57 Å². The Hall–Kier alpha value is -7.30. The maximum absolute atomic E-state index is 15.3. The van der Waals surface area contributed by atoms with E-state index in [1.807, 2.05) is 84.9 Å². The minimum atomic E-state index is -0.348. The van der Waals surface area contributed by atoms with Crippen molar-refractivity contribution in [1.29, 1.82) is 0 Å². The maximum atomic E-state index is 15.3. The monoisotopic (exact) mass is 720 g/mol. The molecule has 0 aliphatic carbocycles. The van der Waals surface area contributed by atoms with E-state index in [1.165, 1.54) is 16.0 Å². The lowest BCUT2D eigenvalue weighted by Gasteiger charge is -2.20. The first-order chi connectivity index (χ1) is 27.5. The zero-order valence-corrected chi connectivity index (χ0v) is 31.0. The second-order valence-corrected chi connectivity index (χ2v) is 14.6. The molecule has 56 heavy (non-hydrogen) atoms. The van der Waals surface area contributed by atoms with Gasteiger partial charge in [0.1, 0.15) is 0 Å². The third-order valence-electron chi connectivity index (χ3n) is 11.1. The molecule has 0 spiro atoms. The van der Waals surface area contributed by atoms with E-state index in [-0.39, 0.29) is 11.8 Å². The van der Waals surface area contributed by atoms with E-state index in [0.29, 0.717) is 22.5 Å². The second-order valence-electron chi connectivity index (χ2n) is 14.6. The number of carbonyl (C=O) groups is 2. The summed E-state index contributed by atoms with van der Waals surface area (Å²) in [6.07, 6.45) is 0. The molecule has 1 aromatic heterocycles. The highest BCUT2D eigenvalue weighted by Crippen LogP contribution is 2.45. The van der Waals surface area contributed by atoms with Gasteiger partial charge in [-0.2, -0.15) is 0 Å². The van der Waals surface area contributed by atoms with E-state index < -0.39 is 0 Å². The number of benzene rings is 8. The van der Waals surface area contributed by atoms with E-state index in [0.717, 1.165) is 66.3 Å². The minimum Gasteiger partial charge on any atom is -0.307 e. The van der Waals surface area contributed by atoms with Crippen LogP contribution in [0.15, 0.2) is 182 Å². The quantitative estimate of drug-likeness (QED) is 0.161. The van der Waals surface area contributed by atoms with Crippen LogP contribution in [0, 0.1) is 13.8 Å². The first-order valence-corrected chi connectivity index (χ1v) is 18.9. The Balaban J connectivity index is 1.26. The van der Waals surface area contributed by atoms with Crippen LogP contribution in [0.5, 0.6) is 0 Å². The Kier molecular flexibility index (Phi) is 7.86. The molecule has 9 aromatic rings. The molecule has 4 nitrogen and oxygen atoms in total. The lowest BCUT2D eigenvalue weighted by molar-refractivity contribution is 0.0926. The Morgan fingerprint density at radius 3 is 1.41 bits per heavy atom. The van der Waals surface area contributed by atoms with Crippen LogP contribution in [0.3, 0.4) is 0 Å². The van der Waals surface area contributed by atoms with Gasteiger partial charge in [-0.25, -0.2) is 4.90 Å². The molecule has 0 atom stereocenters. The Bertz CT molecular complexity index is 2890. The number of fused-ring (bicyclic) bond motifs is 4. The smallest absolute Gasteiger partial charge is 0.268 e. The van der Waals surface area contributed by atoms with Crippen molar-refractivity contribution in [2.75, 3.05) is 4.90 Å². The zero-order valence-electron chi connectivity index (χ0n) is 31.0. The number of anilines is 1. The van der Waals surface area contributed by atoms with Crippen molar-refractivity contribution >= 4 is 39.3 Å². The molecular formula is C52H36N2O2. The molecule has 0 fully saturated rings. The minimum absolute atomic E-state index is 0.340. The summed E-state index contributed by atoms with van der Waals surface area (Å²) in [5.74, 6) is -0.689. The van der Waals surface area contributed by atoms with Crippen molar-refractivity contribution < 1.29 is 9.59 Å². The molecule has 2 amide bonds. The molecule has 266 valence electrons.